The Hall–Kier alpha value is -1.56. The standard InChI is InChI=1S/C15H21F3N2O/c1-9-6-7-10(15(16,17)18)8-11(9)20-12(21)13(2,3)14(4,5)19/h6-8H,19H2,1-5H3,(H,20,21). The van der Waals surface area contributed by atoms with E-state index in [-0.39, 0.29) is 5.69 Å². The minimum atomic E-state index is -4.45. The molecule has 3 N–H and O–H groups in total. The SMILES string of the molecule is Cc1ccc(C(F)(F)F)cc1NC(=O)C(C)(C)C(C)(C)N. The van der Waals surface area contributed by atoms with Crippen LogP contribution in [0.15, 0.2) is 18.2 Å². The Balaban J connectivity index is 3.12. The summed E-state index contributed by atoms with van der Waals surface area (Å²) >= 11 is 0. The summed E-state index contributed by atoms with van der Waals surface area (Å²) in [6, 6.07) is 3.26. The molecule has 0 unspecified atom stereocenters. The first-order valence-electron chi connectivity index (χ1n) is 6.55. The second-order valence-corrected chi connectivity index (χ2v) is 6.33. The molecule has 0 saturated heterocycles. The first-order chi connectivity index (χ1) is 9.26. The first-order valence-corrected chi connectivity index (χ1v) is 6.55. The number of anilines is 1. The number of nitrogens with one attached hydrogen (secondary N) is 1. The number of rotatable bonds is 3. The van der Waals surface area contributed by atoms with Gasteiger partial charge in [-0.2, -0.15) is 13.2 Å². The number of hydrogen-bond acceptors (Lipinski definition) is 2. The van der Waals surface area contributed by atoms with E-state index in [1.807, 2.05) is 0 Å². The van der Waals surface area contributed by atoms with Crippen molar-refractivity contribution < 1.29 is 18.0 Å². The third-order valence-electron chi connectivity index (χ3n) is 3.99. The van der Waals surface area contributed by atoms with Crippen molar-refractivity contribution in [1.82, 2.24) is 0 Å². The number of benzene rings is 1. The zero-order valence-corrected chi connectivity index (χ0v) is 12.9. The lowest BCUT2D eigenvalue weighted by Gasteiger charge is -2.37. The molecule has 3 nitrogen and oxygen atoms in total. The Labute approximate surface area is 122 Å². The maximum atomic E-state index is 12.7. The highest BCUT2D eigenvalue weighted by molar-refractivity contribution is 5.96. The van der Waals surface area contributed by atoms with Crippen LogP contribution in [0.25, 0.3) is 0 Å². The highest BCUT2D eigenvalue weighted by atomic mass is 19.4. The van der Waals surface area contributed by atoms with Gasteiger partial charge >= 0.3 is 6.18 Å². The number of carbonyl (C=O) groups is 1. The minimum Gasteiger partial charge on any atom is -0.325 e. The third kappa shape index (κ3) is 3.75. The number of amides is 1. The van der Waals surface area contributed by atoms with Crippen molar-refractivity contribution >= 4 is 11.6 Å². The van der Waals surface area contributed by atoms with E-state index in [1.165, 1.54) is 6.07 Å². The first kappa shape index (κ1) is 17.5. The average molecular weight is 302 g/mol. The van der Waals surface area contributed by atoms with Crippen LogP contribution in [0.1, 0.15) is 38.8 Å². The number of aryl methyl sites for hydroxylation is 1. The van der Waals surface area contributed by atoms with Crippen LogP contribution in [0.3, 0.4) is 0 Å². The zero-order valence-electron chi connectivity index (χ0n) is 12.9. The molecule has 1 aromatic carbocycles. The summed E-state index contributed by atoms with van der Waals surface area (Å²) < 4.78 is 38.2. The number of hydrogen-bond donors (Lipinski definition) is 2. The van der Waals surface area contributed by atoms with E-state index in [0.29, 0.717) is 5.56 Å². The van der Waals surface area contributed by atoms with Crippen LogP contribution in [0, 0.1) is 12.3 Å². The molecule has 0 aromatic heterocycles. The van der Waals surface area contributed by atoms with E-state index in [0.717, 1.165) is 12.1 Å². The van der Waals surface area contributed by atoms with Crippen LogP contribution in [-0.4, -0.2) is 11.4 Å². The van der Waals surface area contributed by atoms with E-state index < -0.39 is 28.6 Å². The summed E-state index contributed by atoms with van der Waals surface area (Å²) in [7, 11) is 0. The fourth-order valence-electron chi connectivity index (χ4n) is 1.50. The molecule has 118 valence electrons. The van der Waals surface area contributed by atoms with Crippen molar-refractivity contribution in [2.75, 3.05) is 5.32 Å². The van der Waals surface area contributed by atoms with E-state index in [4.69, 9.17) is 5.73 Å². The molecule has 0 aliphatic carbocycles. The lowest BCUT2D eigenvalue weighted by atomic mass is 9.74. The van der Waals surface area contributed by atoms with Gasteiger partial charge in [0, 0.05) is 11.2 Å². The summed E-state index contributed by atoms with van der Waals surface area (Å²) in [5, 5.41) is 2.55. The topological polar surface area (TPSA) is 55.1 Å². The lowest BCUT2D eigenvalue weighted by molar-refractivity contribution is -0.137. The van der Waals surface area contributed by atoms with Crippen LogP contribution in [0.2, 0.25) is 0 Å². The van der Waals surface area contributed by atoms with Gasteiger partial charge in [0.05, 0.1) is 11.0 Å². The van der Waals surface area contributed by atoms with Gasteiger partial charge in [0.25, 0.3) is 0 Å². The fourth-order valence-corrected chi connectivity index (χ4v) is 1.50. The highest BCUT2D eigenvalue weighted by Crippen LogP contribution is 2.34. The number of alkyl halides is 3. The number of carbonyl (C=O) groups excluding carboxylic acids is 1. The molecule has 6 heteroatoms. The second-order valence-electron chi connectivity index (χ2n) is 6.33. The summed E-state index contributed by atoms with van der Waals surface area (Å²) in [5.41, 5.74) is 4.12. The van der Waals surface area contributed by atoms with Crippen molar-refractivity contribution in [2.24, 2.45) is 11.1 Å². The summed E-state index contributed by atoms with van der Waals surface area (Å²) in [4.78, 5) is 12.3. The van der Waals surface area contributed by atoms with Crippen molar-refractivity contribution in [3.8, 4) is 0 Å². The molecule has 0 fully saturated rings. The lowest BCUT2D eigenvalue weighted by Crippen LogP contribution is -2.53. The predicted molar refractivity (Wildman–Crippen MR) is 76.9 cm³/mol. The number of halogens is 3. The van der Waals surface area contributed by atoms with E-state index in [2.05, 4.69) is 5.32 Å². The fraction of sp³-hybridized carbons (Fsp3) is 0.533. The van der Waals surface area contributed by atoms with Gasteiger partial charge in [-0.15, -0.1) is 0 Å². The second kappa shape index (κ2) is 5.33. The zero-order chi connectivity index (χ0) is 16.6. The smallest absolute Gasteiger partial charge is 0.325 e. The van der Waals surface area contributed by atoms with E-state index in [9.17, 15) is 18.0 Å². The van der Waals surface area contributed by atoms with Gasteiger partial charge in [-0.25, -0.2) is 0 Å². The van der Waals surface area contributed by atoms with Gasteiger partial charge in [-0.1, -0.05) is 6.07 Å². The van der Waals surface area contributed by atoms with Gasteiger partial charge in [0.15, 0.2) is 0 Å². The Bertz CT molecular complexity index is 543. The molecule has 0 atom stereocenters. The summed E-state index contributed by atoms with van der Waals surface area (Å²) in [6.07, 6.45) is -4.45. The van der Waals surface area contributed by atoms with Crippen LogP contribution in [0.5, 0.6) is 0 Å². The average Bonchev–Trinajstić information content (AvgIpc) is 2.28. The highest BCUT2D eigenvalue weighted by Gasteiger charge is 2.40. The molecular weight excluding hydrogens is 281 g/mol. The van der Waals surface area contributed by atoms with Crippen molar-refractivity contribution in [2.45, 2.75) is 46.3 Å². The van der Waals surface area contributed by atoms with E-state index >= 15 is 0 Å². The maximum Gasteiger partial charge on any atom is 0.416 e. The number of nitrogens with two attached hydrogens (primary N) is 1. The normalized spacial score (nSPS) is 13.2. The Morgan fingerprint density at radius 2 is 1.67 bits per heavy atom. The maximum absolute atomic E-state index is 12.7. The molecule has 21 heavy (non-hydrogen) atoms. The molecule has 0 bridgehead atoms. The van der Waals surface area contributed by atoms with Crippen molar-refractivity contribution in [1.29, 1.82) is 0 Å². The summed E-state index contributed by atoms with van der Waals surface area (Å²) in [5.74, 6) is -0.419. The van der Waals surface area contributed by atoms with Crippen LogP contribution in [-0.2, 0) is 11.0 Å². The Morgan fingerprint density at radius 3 is 2.10 bits per heavy atom. The predicted octanol–water partition coefficient (Wildman–Crippen LogP) is 3.72. The van der Waals surface area contributed by atoms with Gasteiger partial charge in [-0.05, 0) is 52.3 Å². The van der Waals surface area contributed by atoms with Gasteiger partial charge in [-0.3, -0.25) is 4.79 Å². The van der Waals surface area contributed by atoms with Crippen LogP contribution >= 0.6 is 0 Å². The minimum absolute atomic E-state index is 0.146. The van der Waals surface area contributed by atoms with Crippen molar-refractivity contribution in [3.63, 3.8) is 0 Å². The molecule has 0 heterocycles. The Morgan fingerprint density at radius 1 is 1.14 bits per heavy atom. The van der Waals surface area contributed by atoms with Gasteiger partial charge in [0.1, 0.15) is 0 Å². The molecule has 0 radical (unpaired) electrons. The van der Waals surface area contributed by atoms with Crippen LogP contribution < -0.4 is 11.1 Å². The molecule has 1 rings (SSSR count). The molecule has 0 aliphatic rings. The molecule has 0 aliphatic heterocycles. The van der Waals surface area contributed by atoms with Gasteiger partial charge < -0.3 is 11.1 Å². The van der Waals surface area contributed by atoms with E-state index in [1.54, 1.807) is 34.6 Å². The largest absolute Gasteiger partial charge is 0.416 e. The molecule has 0 saturated carbocycles. The van der Waals surface area contributed by atoms with Crippen LogP contribution in [0.4, 0.5) is 18.9 Å². The monoisotopic (exact) mass is 302 g/mol. The molecule has 0 spiro atoms. The van der Waals surface area contributed by atoms with Crippen molar-refractivity contribution in [3.05, 3.63) is 29.3 Å². The molecule has 1 amide bonds. The molecular formula is C15H21F3N2O. The quantitative estimate of drug-likeness (QED) is 0.894. The Kier molecular flexibility index (Phi) is 4.44. The molecule has 1 aromatic rings. The summed E-state index contributed by atoms with van der Waals surface area (Å²) in [6.45, 7) is 8.35. The third-order valence-corrected chi connectivity index (χ3v) is 3.99. The van der Waals surface area contributed by atoms with Gasteiger partial charge in [0.2, 0.25) is 5.91 Å².